The molecule has 2 heterocycles. The van der Waals surface area contributed by atoms with Crippen molar-refractivity contribution < 1.29 is 4.92 Å². The van der Waals surface area contributed by atoms with Gasteiger partial charge in [-0.1, -0.05) is 12.2 Å². The number of nitrogens with zero attached hydrogens (tertiary/aromatic N) is 2. The molecule has 0 aromatic carbocycles. The molecule has 0 spiro atoms. The van der Waals surface area contributed by atoms with Crippen LogP contribution in [0.5, 0.6) is 0 Å². The summed E-state index contributed by atoms with van der Waals surface area (Å²) in [7, 11) is 0. The van der Waals surface area contributed by atoms with Crippen LogP contribution in [0.2, 0.25) is 0 Å². The lowest BCUT2D eigenvalue weighted by molar-refractivity contribution is -0.421. The summed E-state index contributed by atoms with van der Waals surface area (Å²) >= 11 is 0. The minimum absolute atomic E-state index is 0.159. The summed E-state index contributed by atoms with van der Waals surface area (Å²) in [5.41, 5.74) is 0.821. The van der Waals surface area contributed by atoms with Crippen LogP contribution in [0.15, 0.2) is 48.0 Å². The molecule has 0 aromatic heterocycles. The van der Waals surface area contributed by atoms with E-state index in [1.54, 1.807) is 24.3 Å². The Morgan fingerprint density at radius 2 is 2.23 bits per heavy atom. The first-order valence-electron chi connectivity index (χ1n) is 3.96. The van der Waals surface area contributed by atoms with Crippen molar-refractivity contribution in [2.45, 2.75) is 0 Å². The Bertz CT molecular complexity index is 364. The average Bonchev–Trinajstić information content (AvgIpc) is 2.17. The van der Waals surface area contributed by atoms with Crippen molar-refractivity contribution in [1.82, 2.24) is 4.90 Å². The Kier molecular flexibility index (Phi) is 1.73. The van der Waals surface area contributed by atoms with Crippen molar-refractivity contribution in [3.05, 3.63) is 58.1 Å². The van der Waals surface area contributed by atoms with Crippen LogP contribution in [0.4, 0.5) is 0 Å². The fourth-order valence-electron chi connectivity index (χ4n) is 1.39. The molecule has 0 fully saturated rings. The van der Waals surface area contributed by atoms with Gasteiger partial charge in [-0.2, -0.15) is 0 Å². The van der Waals surface area contributed by atoms with E-state index < -0.39 is 0 Å². The molecular weight excluding hydrogens is 168 g/mol. The maximum Gasteiger partial charge on any atom is 0.292 e. The average molecular weight is 176 g/mol. The van der Waals surface area contributed by atoms with Crippen LogP contribution in [0, 0.1) is 10.1 Å². The summed E-state index contributed by atoms with van der Waals surface area (Å²) in [5, 5.41) is 10.6. The van der Waals surface area contributed by atoms with E-state index in [4.69, 9.17) is 0 Å². The predicted octanol–water partition coefficient (Wildman–Crippen LogP) is 1.43. The van der Waals surface area contributed by atoms with Crippen molar-refractivity contribution in [2.24, 2.45) is 0 Å². The number of nitro groups is 1. The van der Waals surface area contributed by atoms with Gasteiger partial charge in [0.05, 0.1) is 4.92 Å². The molecule has 0 bridgehead atoms. The van der Waals surface area contributed by atoms with Gasteiger partial charge in [-0.3, -0.25) is 10.1 Å². The van der Waals surface area contributed by atoms with E-state index in [-0.39, 0.29) is 10.6 Å². The second-order valence-corrected chi connectivity index (χ2v) is 2.78. The lowest BCUT2D eigenvalue weighted by Crippen LogP contribution is -2.23. The van der Waals surface area contributed by atoms with Gasteiger partial charge in [0.15, 0.2) is 0 Å². The standard InChI is InChI=1S/C9H8N2O2/c12-11(13)9-5-3-7-10-6-2-1-4-8(9)10/h1-6H,7H2. The fraction of sp³-hybridized carbons (Fsp3) is 0.111. The van der Waals surface area contributed by atoms with Crippen molar-refractivity contribution >= 4 is 0 Å². The van der Waals surface area contributed by atoms with Gasteiger partial charge in [0.25, 0.3) is 5.70 Å². The van der Waals surface area contributed by atoms with Crippen molar-refractivity contribution in [3.8, 4) is 0 Å². The second-order valence-electron chi connectivity index (χ2n) is 2.78. The minimum Gasteiger partial charge on any atom is -0.339 e. The van der Waals surface area contributed by atoms with E-state index in [1.807, 2.05) is 17.2 Å². The zero-order chi connectivity index (χ0) is 9.26. The van der Waals surface area contributed by atoms with Gasteiger partial charge in [-0.05, 0) is 12.2 Å². The monoisotopic (exact) mass is 176 g/mol. The zero-order valence-electron chi connectivity index (χ0n) is 6.88. The molecule has 4 nitrogen and oxygen atoms in total. The highest BCUT2D eigenvalue weighted by Gasteiger charge is 2.21. The molecule has 0 saturated heterocycles. The van der Waals surface area contributed by atoms with E-state index >= 15 is 0 Å². The first-order chi connectivity index (χ1) is 6.29. The summed E-state index contributed by atoms with van der Waals surface area (Å²) in [5.74, 6) is 0. The number of hydrogen-bond acceptors (Lipinski definition) is 3. The maximum absolute atomic E-state index is 10.6. The summed E-state index contributed by atoms with van der Waals surface area (Å²) < 4.78 is 0. The molecule has 0 N–H and O–H groups in total. The molecule has 66 valence electrons. The first-order valence-corrected chi connectivity index (χ1v) is 3.96. The number of allylic oxidation sites excluding steroid dienone is 4. The van der Waals surface area contributed by atoms with Gasteiger partial charge in [0.1, 0.15) is 5.70 Å². The minimum atomic E-state index is -0.360. The van der Waals surface area contributed by atoms with Gasteiger partial charge >= 0.3 is 0 Å². The number of rotatable bonds is 1. The third kappa shape index (κ3) is 1.26. The molecule has 0 aromatic rings. The highest BCUT2D eigenvalue weighted by Crippen LogP contribution is 2.21. The molecule has 0 unspecified atom stereocenters. The molecule has 0 radical (unpaired) electrons. The predicted molar refractivity (Wildman–Crippen MR) is 48.1 cm³/mol. The summed E-state index contributed by atoms with van der Waals surface area (Å²) in [4.78, 5) is 12.1. The number of fused-ring (bicyclic) bond motifs is 1. The Hall–Kier alpha value is -1.84. The first kappa shape index (κ1) is 7.79. The van der Waals surface area contributed by atoms with E-state index in [2.05, 4.69) is 0 Å². The molecule has 0 saturated carbocycles. The Morgan fingerprint density at radius 1 is 1.38 bits per heavy atom. The quantitative estimate of drug-likeness (QED) is 0.448. The van der Waals surface area contributed by atoms with Crippen molar-refractivity contribution in [3.63, 3.8) is 0 Å². The van der Waals surface area contributed by atoms with Crippen LogP contribution < -0.4 is 0 Å². The SMILES string of the molecule is O=[N+]([O-])C1=C2C=CC=CN2CC=C1. The van der Waals surface area contributed by atoms with E-state index in [0.717, 1.165) is 0 Å². The topological polar surface area (TPSA) is 46.4 Å². The lowest BCUT2D eigenvalue weighted by atomic mass is 10.1. The molecule has 0 amide bonds. The molecule has 2 aliphatic heterocycles. The summed E-state index contributed by atoms with van der Waals surface area (Å²) in [6.07, 6.45) is 10.6. The molecule has 2 rings (SSSR count). The Morgan fingerprint density at radius 3 is 3.00 bits per heavy atom. The third-order valence-corrected chi connectivity index (χ3v) is 1.98. The smallest absolute Gasteiger partial charge is 0.292 e. The van der Waals surface area contributed by atoms with Crippen LogP contribution in [-0.4, -0.2) is 16.4 Å². The molecular formula is C9H8N2O2. The van der Waals surface area contributed by atoms with E-state index in [0.29, 0.717) is 12.2 Å². The Labute approximate surface area is 75.3 Å². The summed E-state index contributed by atoms with van der Waals surface area (Å²) in [6.45, 7) is 0.702. The zero-order valence-corrected chi connectivity index (χ0v) is 6.88. The van der Waals surface area contributed by atoms with Crippen LogP contribution in [0.3, 0.4) is 0 Å². The normalized spacial score (nSPS) is 19.2. The van der Waals surface area contributed by atoms with Gasteiger partial charge < -0.3 is 4.90 Å². The number of hydrogen-bond donors (Lipinski definition) is 0. The van der Waals surface area contributed by atoms with Gasteiger partial charge in [0.2, 0.25) is 0 Å². The largest absolute Gasteiger partial charge is 0.339 e. The van der Waals surface area contributed by atoms with Gasteiger partial charge in [0, 0.05) is 18.8 Å². The molecule has 13 heavy (non-hydrogen) atoms. The third-order valence-electron chi connectivity index (χ3n) is 1.98. The molecule has 4 heteroatoms. The van der Waals surface area contributed by atoms with Gasteiger partial charge in [-0.25, -0.2) is 0 Å². The van der Waals surface area contributed by atoms with Crippen LogP contribution in [0.1, 0.15) is 0 Å². The molecule has 0 atom stereocenters. The lowest BCUT2D eigenvalue weighted by Gasteiger charge is -2.23. The van der Waals surface area contributed by atoms with Gasteiger partial charge in [-0.15, -0.1) is 0 Å². The van der Waals surface area contributed by atoms with E-state index in [1.165, 1.54) is 0 Å². The van der Waals surface area contributed by atoms with Crippen LogP contribution in [0.25, 0.3) is 0 Å². The van der Waals surface area contributed by atoms with Crippen LogP contribution >= 0.6 is 0 Å². The van der Waals surface area contributed by atoms with Crippen LogP contribution in [-0.2, 0) is 0 Å². The maximum atomic E-state index is 10.6. The second kappa shape index (κ2) is 2.90. The summed E-state index contributed by atoms with van der Waals surface area (Å²) in [6, 6.07) is 0. The van der Waals surface area contributed by atoms with Crippen molar-refractivity contribution in [1.29, 1.82) is 0 Å². The van der Waals surface area contributed by atoms with E-state index in [9.17, 15) is 10.1 Å². The Balaban J connectivity index is 2.47. The molecule has 0 aliphatic carbocycles. The van der Waals surface area contributed by atoms with Crippen molar-refractivity contribution in [2.75, 3.05) is 6.54 Å². The fourth-order valence-corrected chi connectivity index (χ4v) is 1.39. The molecule has 2 aliphatic rings. The highest BCUT2D eigenvalue weighted by atomic mass is 16.6. The highest BCUT2D eigenvalue weighted by molar-refractivity contribution is 5.36.